The van der Waals surface area contributed by atoms with Crippen LogP contribution in [0.1, 0.15) is 32.6 Å². The van der Waals surface area contributed by atoms with E-state index in [-0.39, 0.29) is 0 Å². The van der Waals surface area contributed by atoms with E-state index in [1.54, 1.807) is 0 Å². The topological polar surface area (TPSA) is 38.4 Å². The normalized spacial score (nSPS) is 25.8. The molecule has 1 unspecified atom stereocenters. The summed E-state index contributed by atoms with van der Waals surface area (Å²) < 4.78 is 0. The number of nitrogens with zero attached hydrogens (tertiary/aromatic N) is 1. The molecule has 0 bridgehead atoms. The summed E-state index contributed by atoms with van der Waals surface area (Å²) in [6, 6.07) is 0.510. The molecule has 70 valence electrons. The van der Waals surface area contributed by atoms with Crippen LogP contribution >= 0.6 is 11.8 Å². The quantitative estimate of drug-likeness (QED) is 0.541. The first kappa shape index (κ1) is 9.90. The third-order valence-corrected chi connectivity index (χ3v) is 3.19. The van der Waals surface area contributed by atoms with Gasteiger partial charge in [-0.3, -0.25) is 4.99 Å². The molecule has 0 spiro atoms. The van der Waals surface area contributed by atoms with E-state index in [1.807, 2.05) is 11.8 Å². The number of hydrogen-bond acceptors (Lipinski definition) is 2. The Hall–Kier alpha value is -0.180. The van der Waals surface area contributed by atoms with Crippen molar-refractivity contribution in [3.05, 3.63) is 0 Å². The lowest BCUT2D eigenvalue weighted by atomic mass is 10.2. The number of rotatable bonds is 3. The van der Waals surface area contributed by atoms with Crippen LogP contribution in [0.15, 0.2) is 4.99 Å². The van der Waals surface area contributed by atoms with Gasteiger partial charge in [0.1, 0.15) is 0 Å². The minimum absolute atomic E-state index is 0.510. The zero-order chi connectivity index (χ0) is 8.81. The molecule has 0 aromatic rings. The van der Waals surface area contributed by atoms with Gasteiger partial charge in [0.25, 0.3) is 0 Å². The van der Waals surface area contributed by atoms with E-state index in [4.69, 9.17) is 5.73 Å². The van der Waals surface area contributed by atoms with Crippen LogP contribution < -0.4 is 5.73 Å². The summed E-state index contributed by atoms with van der Waals surface area (Å²) >= 11 is 2.00. The van der Waals surface area contributed by atoms with Crippen LogP contribution in [0, 0.1) is 0 Å². The molecule has 1 fully saturated rings. The van der Waals surface area contributed by atoms with Gasteiger partial charge < -0.3 is 5.73 Å². The largest absolute Gasteiger partial charge is 0.387 e. The number of thioether (sulfide) groups is 1. The predicted octanol–water partition coefficient (Wildman–Crippen LogP) is 2.04. The van der Waals surface area contributed by atoms with Crippen LogP contribution in [0.3, 0.4) is 0 Å². The van der Waals surface area contributed by atoms with Crippen LogP contribution in [0.25, 0.3) is 0 Å². The van der Waals surface area contributed by atoms with Crippen LogP contribution in [0.5, 0.6) is 0 Å². The summed E-state index contributed by atoms with van der Waals surface area (Å²) in [5.41, 5.74) is 5.76. The van der Waals surface area contributed by atoms with E-state index in [0.29, 0.717) is 6.04 Å². The summed E-state index contributed by atoms with van der Waals surface area (Å²) in [5, 5.41) is 0. The highest BCUT2D eigenvalue weighted by Gasteiger charge is 2.12. The van der Waals surface area contributed by atoms with E-state index < -0.39 is 0 Å². The van der Waals surface area contributed by atoms with Crippen LogP contribution in [0.4, 0.5) is 0 Å². The van der Waals surface area contributed by atoms with Crippen LogP contribution in [0.2, 0.25) is 0 Å². The molecular weight excluding hydrogens is 168 g/mol. The summed E-state index contributed by atoms with van der Waals surface area (Å²) in [7, 11) is 0. The average molecular weight is 186 g/mol. The minimum Gasteiger partial charge on any atom is -0.387 e. The molecule has 1 heterocycles. The SMILES string of the molecule is CCCC(N)=NC1CCCSC1. The number of nitrogens with two attached hydrogens (primary N) is 1. The summed E-state index contributed by atoms with van der Waals surface area (Å²) in [5.74, 6) is 3.33. The molecular formula is C9H18N2S. The molecule has 0 saturated carbocycles. The van der Waals surface area contributed by atoms with E-state index in [2.05, 4.69) is 11.9 Å². The molecule has 0 amide bonds. The molecule has 1 rings (SSSR count). The second-order valence-corrected chi connectivity index (χ2v) is 4.39. The van der Waals surface area contributed by atoms with Crippen molar-refractivity contribution in [3.63, 3.8) is 0 Å². The molecule has 2 nitrogen and oxygen atoms in total. The monoisotopic (exact) mass is 186 g/mol. The van der Waals surface area contributed by atoms with Gasteiger partial charge in [-0.25, -0.2) is 0 Å². The maximum Gasteiger partial charge on any atom is 0.0940 e. The molecule has 2 N–H and O–H groups in total. The Morgan fingerprint density at radius 2 is 2.50 bits per heavy atom. The Morgan fingerprint density at radius 3 is 3.08 bits per heavy atom. The predicted molar refractivity (Wildman–Crippen MR) is 56.9 cm³/mol. The van der Waals surface area contributed by atoms with Crippen LogP contribution in [-0.4, -0.2) is 23.4 Å². The summed E-state index contributed by atoms with van der Waals surface area (Å²) in [6.45, 7) is 2.14. The van der Waals surface area contributed by atoms with Gasteiger partial charge in [-0.2, -0.15) is 11.8 Å². The number of aliphatic imine (C=N–C) groups is 1. The fraction of sp³-hybridized carbons (Fsp3) is 0.889. The second-order valence-electron chi connectivity index (χ2n) is 3.24. The highest BCUT2D eigenvalue weighted by molar-refractivity contribution is 7.99. The molecule has 3 heteroatoms. The van der Waals surface area contributed by atoms with Gasteiger partial charge in [-0.15, -0.1) is 0 Å². The van der Waals surface area contributed by atoms with Crippen molar-refractivity contribution in [2.24, 2.45) is 10.7 Å². The van der Waals surface area contributed by atoms with Crippen molar-refractivity contribution in [3.8, 4) is 0 Å². The third kappa shape index (κ3) is 3.48. The first-order valence-electron chi connectivity index (χ1n) is 4.72. The van der Waals surface area contributed by atoms with E-state index in [1.165, 1.54) is 24.3 Å². The Bertz CT molecular complexity index is 151. The standard InChI is InChI=1S/C9H18N2S/c1-2-4-9(10)11-8-5-3-6-12-7-8/h8H,2-7H2,1H3,(H2,10,11). The van der Waals surface area contributed by atoms with Gasteiger partial charge in [0.15, 0.2) is 0 Å². The Morgan fingerprint density at radius 1 is 1.67 bits per heavy atom. The van der Waals surface area contributed by atoms with Gasteiger partial charge in [-0.1, -0.05) is 6.92 Å². The number of amidine groups is 1. The summed E-state index contributed by atoms with van der Waals surface area (Å²) in [4.78, 5) is 4.50. The van der Waals surface area contributed by atoms with Gasteiger partial charge in [0, 0.05) is 12.2 Å². The maximum atomic E-state index is 5.76. The van der Waals surface area contributed by atoms with Gasteiger partial charge in [0.2, 0.25) is 0 Å². The molecule has 1 aliphatic heterocycles. The van der Waals surface area contributed by atoms with Gasteiger partial charge in [0.05, 0.1) is 11.9 Å². The average Bonchev–Trinajstić information content (AvgIpc) is 2.06. The van der Waals surface area contributed by atoms with Crippen molar-refractivity contribution in [2.45, 2.75) is 38.6 Å². The van der Waals surface area contributed by atoms with Crippen LogP contribution in [-0.2, 0) is 0 Å². The summed E-state index contributed by atoms with van der Waals surface area (Å²) in [6.07, 6.45) is 4.60. The molecule has 0 radical (unpaired) electrons. The first-order valence-corrected chi connectivity index (χ1v) is 5.88. The third-order valence-electron chi connectivity index (χ3n) is 1.99. The highest BCUT2D eigenvalue weighted by Crippen LogP contribution is 2.19. The molecule has 1 saturated heterocycles. The van der Waals surface area contributed by atoms with Crippen molar-refractivity contribution >= 4 is 17.6 Å². The highest BCUT2D eigenvalue weighted by atomic mass is 32.2. The van der Waals surface area contributed by atoms with Gasteiger partial charge in [-0.05, 0) is 25.0 Å². The second kappa shape index (κ2) is 5.46. The molecule has 0 aromatic carbocycles. The maximum absolute atomic E-state index is 5.76. The Balaban J connectivity index is 2.31. The fourth-order valence-corrected chi connectivity index (χ4v) is 2.43. The van der Waals surface area contributed by atoms with Crippen molar-refractivity contribution in [1.82, 2.24) is 0 Å². The molecule has 0 aliphatic carbocycles. The Labute approximate surface area is 79.0 Å². The van der Waals surface area contributed by atoms with Crippen molar-refractivity contribution in [1.29, 1.82) is 0 Å². The minimum atomic E-state index is 0.510. The molecule has 1 aliphatic rings. The van der Waals surface area contributed by atoms with E-state index in [9.17, 15) is 0 Å². The zero-order valence-electron chi connectivity index (χ0n) is 7.75. The van der Waals surface area contributed by atoms with E-state index in [0.717, 1.165) is 18.7 Å². The first-order chi connectivity index (χ1) is 5.83. The Kier molecular flexibility index (Phi) is 4.51. The van der Waals surface area contributed by atoms with Crippen molar-refractivity contribution < 1.29 is 0 Å². The number of hydrogen-bond donors (Lipinski definition) is 1. The van der Waals surface area contributed by atoms with E-state index >= 15 is 0 Å². The molecule has 1 atom stereocenters. The van der Waals surface area contributed by atoms with Crippen molar-refractivity contribution in [2.75, 3.05) is 11.5 Å². The molecule has 0 aromatic heterocycles. The zero-order valence-corrected chi connectivity index (χ0v) is 8.57. The lowest BCUT2D eigenvalue weighted by molar-refractivity contribution is 0.647. The molecule has 12 heavy (non-hydrogen) atoms. The van der Waals surface area contributed by atoms with Gasteiger partial charge >= 0.3 is 0 Å². The lowest BCUT2D eigenvalue weighted by Gasteiger charge is -2.17. The smallest absolute Gasteiger partial charge is 0.0940 e. The lowest BCUT2D eigenvalue weighted by Crippen LogP contribution is -2.20. The fourth-order valence-electron chi connectivity index (χ4n) is 1.38.